The highest BCUT2D eigenvalue weighted by Gasteiger charge is 2.20. The zero-order valence-corrected chi connectivity index (χ0v) is 19.5. The topological polar surface area (TPSA) is 78.3 Å². The third kappa shape index (κ3) is 4.68. The van der Waals surface area contributed by atoms with Crippen molar-refractivity contribution in [3.63, 3.8) is 0 Å². The lowest BCUT2D eigenvalue weighted by Gasteiger charge is -2.10. The number of carbonyl (C=O) groups is 1. The Bertz CT molecular complexity index is 1320. The fraction of sp³-hybridized carbons (Fsp3) is 0.160. The number of hydrogen-bond acceptors (Lipinski definition) is 5. The van der Waals surface area contributed by atoms with E-state index in [0.717, 1.165) is 16.7 Å². The number of nitrogens with one attached hydrogen (secondary N) is 1. The van der Waals surface area contributed by atoms with Gasteiger partial charge in [0.15, 0.2) is 5.82 Å². The van der Waals surface area contributed by atoms with Gasteiger partial charge in [-0.25, -0.2) is 9.67 Å². The molecule has 0 atom stereocenters. The van der Waals surface area contributed by atoms with E-state index in [2.05, 4.69) is 15.4 Å². The summed E-state index contributed by atoms with van der Waals surface area (Å²) in [6.45, 7) is 3.93. The van der Waals surface area contributed by atoms with Crippen LogP contribution in [0.1, 0.15) is 21.7 Å². The van der Waals surface area contributed by atoms with Gasteiger partial charge in [-0.1, -0.05) is 47.5 Å². The van der Waals surface area contributed by atoms with Crippen LogP contribution in [0.4, 0.5) is 5.69 Å². The zero-order chi connectivity index (χ0) is 23.5. The van der Waals surface area contributed by atoms with Crippen molar-refractivity contribution in [1.29, 1.82) is 0 Å². The number of aryl methyl sites for hydroxylation is 2. The van der Waals surface area contributed by atoms with Crippen LogP contribution >= 0.6 is 11.6 Å². The van der Waals surface area contributed by atoms with E-state index in [4.69, 9.17) is 21.1 Å². The van der Waals surface area contributed by atoms with E-state index in [1.165, 1.54) is 7.11 Å². The smallest absolute Gasteiger partial charge is 0.295 e. The average Bonchev–Trinajstić information content (AvgIpc) is 3.27. The molecule has 0 spiro atoms. The average molecular weight is 463 g/mol. The molecule has 0 unspecified atom stereocenters. The quantitative estimate of drug-likeness (QED) is 0.411. The van der Waals surface area contributed by atoms with Crippen molar-refractivity contribution in [1.82, 2.24) is 14.8 Å². The number of ether oxygens (including phenoxy) is 2. The number of hydrogen-bond donors (Lipinski definition) is 1. The van der Waals surface area contributed by atoms with Gasteiger partial charge in [0.1, 0.15) is 11.5 Å². The third-order valence-corrected chi connectivity index (χ3v) is 5.58. The molecule has 0 aliphatic rings. The van der Waals surface area contributed by atoms with Crippen LogP contribution in [0.15, 0.2) is 60.7 Å². The van der Waals surface area contributed by atoms with Crippen molar-refractivity contribution < 1.29 is 14.3 Å². The lowest BCUT2D eigenvalue weighted by atomic mass is 10.1. The van der Waals surface area contributed by atoms with Crippen LogP contribution in [0, 0.1) is 13.8 Å². The van der Waals surface area contributed by atoms with Crippen molar-refractivity contribution in [2.45, 2.75) is 13.8 Å². The van der Waals surface area contributed by atoms with E-state index in [1.807, 2.05) is 50.2 Å². The summed E-state index contributed by atoms with van der Waals surface area (Å²) in [6.07, 6.45) is 0. The molecule has 0 fully saturated rings. The van der Waals surface area contributed by atoms with Crippen molar-refractivity contribution >= 4 is 23.2 Å². The standard InChI is InChI=1S/C25H23ClN4O3/c1-15-5-8-17(9-6-15)24-28-23(29-30(24)18-10-7-16(2)20(26)13-18)25(31)27-21-14-19(32-3)11-12-22(21)33-4/h5-14H,1-4H3,(H,27,31). The van der Waals surface area contributed by atoms with Crippen LogP contribution in [0.3, 0.4) is 0 Å². The largest absolute Gasteiger partial charge is 0.497 e. The second-order valence-corrected chi connectivity index (χ2v) is 7.90. The van der Waals surface area contributed by atoms with Crippen LogP contribution in [0.5, 0.6) is 11.5 Å². The van der Waals surface area contributed by atoms with E-state index < -0.39 is 5.91 Å². The number of nitrogens with zero attached hydrogens (tertiary/aromatic N) is 3. The Morgan fingerprint density at radius 2 is 1.73 bits per heavy atom. The number of rotatable bonds is 6. The molecule has 0 bridgehead atoms. The Kier molecular flexibility index (Phi) is 6.33. The lowest BCUT2D eigenvalue weighted by molar-refractivity contribution is 0.101. The Morgan fingerprint density at radius 1 is 0.970 bits per heavy atom. The fourth-order valence-electron chi connectivity index (χ4n) is 3.28. The maximum absolute atomic E-state index is 13.1. The molecule has 1 heterocycles. The molecule has 0 radical (unpaired) electrons. The molecule has 3 aromatic carbocycles. The molecule has 33 heavy (non-hydrogen) atoms. The number of benzene rings is 3. The minimum Gasteiger partial charge on any atom is -0.497 e. The molecular weight excluding hydrogens is 440 g/mol. The van der Waals surface area contributed by atoms with Crippen molar-refractivity contribution in [3.8, 4) is 28.6 Å². The first kappa shape index (κ1) is 22.4. The first-order chi connectivity index (χ1) is 15.9. The number of carbonyl (C=O) groups excluding carboxylic acids is 1. The maximum Gasteiger partial charge on any atom is 0.295 e. The van der Waals surface area contributed by atoms with Crippen LogP contribution in [0.25, 0.3) is 17.1 Å². The molecule has 0 saturated heterocycles. The summed E-state index contributed by atoms with van der Waals surface area (Å²) in [4.78, 5) is 17.7. The number of methoxy groups -OCH3 is 2. The van der Waals surface area contributed by atoms with Crippen LogP contribution in [0.2, 0.25) is 5.02 Å². The van der Waals surface area contributed by atoms with Gasteiger partial charge in [0.2, 0.25) is 5.82 Å². The maximum atomic E-state index is 13.1. The van der Waals surface area contributed by atoms with Gasteiger partial charge in [-0.2, -0.15) is 0 Å². The minimum atomic E-state index is -0.480. The molecule has 8 heteroatoms. The van der Waals surface area contributed by atoms with Gasteiger partial charge in [0.05, 0.1) is 25.6 Å². The molecule has 168 valence electrons. The highest BCUT2D eigenvalue weighted by Crippen LogP contribution is 2.30. The second kappa shape index (κ2) is 9.34. The highest BCUT2D eigenvalue weighted by atomic mass is 35.5. The van der Waals surface area contributed by atoms with E-state index in [9.17, 15) is 4.79 Å². The van der Waals surface area contributed by atoms with E-state index in [-0.39, 0.29) is 5.82 Å². The van der Waals surface area contributed by atoms with Crippen molar-refractivity contribution in [2.75, 3.05) is 19.5 Å². The van der Waals surface area contributed by atoms with Gasteiger partial charge in [0.25, 0.3) is 5.91 Å². The Balaban J connectivity index is 1.77. The third-order valence-electron chi connectivity index (χ3n) is 5.17. The zero-order valence-electron chi connectivity index (χ0n) is 18.7. The lowest BCUT2D eigenvalue weighted by Crippen LogP contribution is -2.15. The molecule has 0 aliphatic heterocycles. The highest BCUT2D eigenvalue weighted by molar-refractivity contribution is 6.31. The van der Waals surface area contributed by atoms with Crippen LogP contribution in [-0.2, 0) is 0 Å². The number of anilines is 1. The molecule has 0 saturated carbocycles. The number of aromatic nitrogens is 3. The molecule has 0 aliphatic carbocycles. The Hall–Kier alpha value is -3.84. The predicted octanol–water partition coefficient (Wildman–Crippen LogP) is 5.47. The van der Waals surface area contributed by atoms with Crippen molar-refractivity contribution in [3.05, 3.63) is 82.6 Å². The molecule has 7 nitrogen and oxygen atoms in total. The molecule has 4 rings (SSSR count). The predicted molar refractivity (Wildman–Crippen MR) is 129 cm³/mol. The molecule has 1 aromatic heterocycles. The molecule has 1 amide bonds. The second-order valence-electron chi connectivity index (χ2n) is 7.49. The first-order valence-corrected chi connectivity index (χ1v) is 10.6. The number of halogens is 1. The van der Waals surface area contributed by atoms with E-state index in [0.29, 0.717) is 33.7 Å². The number of amides is 1. The molecule has 4 aromatic rings. The summed E-state index contributed by atoms with van der Waals surface area (Å²) in [6, 6.07) is 18.6. The van der Waals surface area contributed by atoms with Crippen LogP contribution < -0.4 is 14.8 Å². The van der Waals surface area contributed by atoms with Crippen molar-refractivity contribution in [2.24, 2.45) is 0 Å². The summed E-state index contributed by atoms with van der Waals surface area (Å²) in [5, 5.41) is 7.93. The van der Waals surface area contributed by atoms with Gasteiger partial charge in [0, 0.05) is 16.7 Å². The summed E-state index contributed by atoms with van der Waals surface area (Å²) in [7, 11) is 3.08. The molecule has 1 N–H and O–H groups in total. The minimum absolute atomic E-state index is 0.00662. The van der Waals surface area contributed by atoms with Gasteiger partial charge >= 0.3 is 0 Å². The summed E-state index contributed by atoms with van der Waals surface area (Å²) in [5.74, 6) is 1.13. The van der Waals surface area contributed by atoms with Gasteiger partial charge in [-0.3, -0.25) is 4.79 Å². The van der Waals surface area contributed by atoms with E-state index in [1.54, 1.807) is 36.1 Å². The summed E-state index contributed by atoms with van der Waals surface area (Å²) in [5.41, 5.74) is 4.04. The summed E-state index contributed by atoms with van der Waals surface area (Å²) < 4.78 is 12.2. The SMILES string of the molecule is COc1ccc(OC)c(NC(=O)c2nc(-c3ccc(C)cc3)n(-c3ccc(C)c(Cl)c3)n2)c1. The fourth-order valence-corrected chi connectivity index (χ4v) is 3.46. The van der Waals surface area contributed by atoms with Crippen LogP contribution in [-0.4, -0.2) is 34.9 Å². The van der Waals surface area contributed by atoms with Gasteiger partial charge in [-0.05, 0) is 43.7 Å². The van der Waals surface area contributed by atoms with Gasteiger partial charge < -0.3 is 14.8 Å². The van der Waals surface area contributed by atoms with Gasteiger partial charge in [-0.15, -0.1) is 5.10 Å². The summed E-state index contributed by atoms with van der Waals surface area (Å²) >= 11 is 6.35. The Morgan fingerprint density at radius 3 is 2.39 bits per heavy atom. The first-order valence-electron chi connectivity index (χ1n) is 10.2. The van der Waals surface area contributed by atoms with E-state index >= 15 is 0 Å². The Labute approximate surface area is 196 Å². The molecular formula is C25H23ClN4O3. The normalized spacial score (nSPS) is 10.7. The monoisotopic (exact) mass is 462 g/mol.